The van der Waals surface area contributed by atoms with Gasteiger partial charge >= 0.3 is 12.1 Å². The number of carbonyl (C=O) groups is 1. The van der Waals surface area contributed by atoms with Crippen molar-refractivity contribution in [1.29, 1.82) is 0 Å². The van der Waals surface area contributed by atoms with Crippen LogP contribution in [0, 0.1) is 0 Å². The normalized spacial score (nSPS) is 12.4. The molecule has 0 fully saturated rings. The first-order chi connectivity index (χ1) is 17.3. The Bertz CT molecular complexity index is 1520. The zero-order valence-corrected chi connectivity index (χ0v) is 18.4. The van der Waals surface area contributed by atoms with Gasteiger partial charge in [0.1, 0.15) is 5.52 Å². The van der Waals surface area contributed by atoms with E-state index in [2.05, 4.69) is 19.9 Å². The molecule has 0 radical (unpaired) electrons. The summed E-state index contributed by atoms with van der Waals surface area (Å²) in [5.74, 6) is -2.35. The zero-order valence-electron chi connectivity index (χ0n) is 18.4. The molecular formula is C25H17F3N6O2. The van der Waals surface area contributed by atoms with Crippen molar-refractivity contribution < 1.29 is 22.7 Å². The monoisotopic (exact) mass is 490 g/mol. The summed E-state index contributed by atoms with van der Waals surface area (Å²) < 4.78 is 41.8. The van der Waals surface area contributed by atoms with E-state index in [0.29, 0.717) is 33.8 Å². The number of nitrogens with two attached hydrogens (primary N) is 1. The van der Waals surface area contributed by atoms with Crippen LogP contribution in [0.4, 0.5) is 13.2 Å². The maximum absolute atomic E-state index is 12.5. The van der Waals surface area contributed by atoms with Crippen molar-refractivity contribution in [2.75, 3.05) is 0 Å². The van der Waals surface area contributed by atoms with Gasteiger partial charge in [0.15, 0.2) is 11.9 Å². The highest BCUT2D eigenvalue weighted by Gasteiger charge is 2.42. The molecule has 5 aromatic rings. The highest BCUT2D eigenvalue weighted by molar-refractivity contribution is 5.85. The highest BCUT2D eigenvalue weighted by atomic mass is 19.4. The van der Waals surface area contributed by atoms with Gasteiger partial charge < -0.3 is 4.74 Å². The maximum atomic E-state index is 12.5. The number of H-pyrrole nitrogens is 1. The summed E-state index contributed by atoms with van der Waals surface area (Å²) >= 11 is 0. The number of aromatic amines is 1. The van der Waals surface area contributed by atoms with E-state index < -0.39 is 18.4 Å². The van der Waals surface area contributed by atoms with Crippen LogP contribution >= 0.6 is 0 Å². The molecule has 2 aromatic carbocycles. The molecule has 0 saturated heterocycles. The number of ether oxygens (including phenoxy) is 1. The molecule has 0 spiro atoms. The number of benzene rings is 2. The number of fused-ring (bicyclic) bond motifs is 1. The lowest BCUT2D eigenvalue weighted by Gasteiger charge is -2.15. The Hall–Kier alpha value is -4.64. The lowest BCUT2D eigenvalue weighted by atomic mass is 10.0. The molecule has 0 amide bonds. The van der Waals surface area contributed by atoms with Crippen molar-refractivity contribution in [2.24, 2.45) is 5.73 Å². The molecule has 3 aromatic heterocycles. The molecule has 5 rings (SSSR count). The number of halogens is 3. The number of esters is 1. The van der Waals surface area contributed by atoms with E-state index in [1.807, 2.05) is 30.3 Å². The Morgan fingerprint density at radius 3 is 2.22 bits per heavy atom. The standard InChI is InChI=1S/C25H17F3N6O2/c26-25(27,28)24(35)36-22(29)16-8-6-15(7-9-16)20-21(14-4-2-1-3-5-14)33-23-19(31-20)11-10-17(32-23)18-12-13-30-34-18/h1-13,22H,29H2,(H,30,34). The second-order valence-corrected chi connectivity index (χ2v) is 7.74. The van der Waals surface area contributed by atoms with E-state index in [9.17, 15) is 18.0 Å². The molecule has 0 aliphatic heterocycles. The molecule has 3 heterocycles. The second-order valence-electron chi connectivity index (χ2n) is 7.74. The van der Waals surface area contributed by atoms with Gasteiger partial charge in [-0.3, -0.25) is 10.8 Å². The Balaban J connectivity index is 1.55. The van der Waals surface area contributed by atoms with Gasteiger partial charge in [-0.2, -0.15) is 18.3 Å². The van der Waals surface area contributed by atoms with Gasteiger partial charge in [0.25, 0.3) is 0 Å². The lowest BCUT2D eigenvalue weighted by molar-refractivity contribution is -0.205. The second kappa shape index (κ2) is 9.19. The van der Waals surface area contributed by atoms with Gasteiger partial charge in [-0.05, 0) is 18.2 Å². The SMILES string of the molecule is NC(OC(=O)C(F)(F)F)c1ccc(-c2nc3ccc(-c4ccn[nH]4)nc3nc2-c2ccccc2)cc1. The Labute approximate surface area is 202 Å². The molecule has 0 saturated carbocycles. The van der Waals surface area contributed by atoms with E-state index in [-0.39, 0.29) is 5.56 Å². The van der Waals surface area contributed by atoms with Crippen molar-refractivity contribution >= 4 is 17.1 Å². The lowest BCUT2D eigenvalue weighted by Crippen LogP contribution is -2.29. The van der Waals surface area contributed by atoms with Crippen molar-refractivity contribution in [3.05, 3.63) is 84.6 Å². The summed E-state index contributed by atoms with van der Waals surface area (Å²) in [7, 11) is 0. The molecule has 1 unspecified atom stereocenters. The topological polar surface area (TPSA) is 120 Å². The Morgan fingerprint density at radius 1 is 0.861 bits per heavy atom. The summed E-state index contributed by atoms with van der Waals surface area (Å²) in [6, 6.07) is 21.0. The average Bonchev–Trinajstić information content (AvgIpc) is 3.43. The van der Waals surface area contributed by atoms with E-state index in [4.69, 9.17) is 15.7 Å². The third-order valence-corrected chi connectivity index (χ3v) is 5.33. The molecular weight excluding hydrogens is 473 g/mol. The predicted octanol–water partition coefficient (Wildman–Crippen LogP) is 4.81. The first-order valence-corrected chi connectivity index (χ1v) is 10.7. The van der Waals surface area contributed by atoms with Crippen LogP contribution in [0.5, 0.6) is 0 Å². The molecule has 3 N–H and O–H groups in total. The number of rotatable bonds is 5. The van der Waals surface area contributed by atoms with E-state index in [0.717, 1.165) is 11.3 Å². The minimum absolute atomic E-state index is 0.192. The van der Waals surface area contributed by atoms with Crippen LogP contribution in [-0.4, -0.2) is 37.3 Å². The average molecular weight is 490 g/mol. The van der Waals surface area contributed by atoms with E-state index >= 15 is 0 Å². The number of aromatic nitrogens is 5. The number of alkyl halides is 3. The van der Waals surface area contributed by atoms with Crippen LogP contribution in [0.2, 0.25) is 0 Å². The van der Waals surface area contributed by atoms with Crippen LogP contribution in [-0.2, 0) is 9.53 Å². The zero-order chi connectivity index (χ0) is 25.3. The number of nitrogens with zero attached hydrogens (tertiary/aromatic N) is 4. The minimum atomic E-state index is -5.13. The fourth-order valence-corrected chi connectivity index (χ4v) is 3.57. The summed E-state index contributed by atoms with van der Waals surface area (Å²) in [4.78, 5) is 25.3. The van der Waals surface area contributed by atoms with Crippen LogP contribution in [0.25, 0.3) is 45.1 Å². The largest absolute Gasteiger partial charge is 0.490 e. The van der Waals surface area contributed by atoms with Crippen molar-refractivity contribution in [1.82, 2.24) is 25.1 Å². The van der Waals surface area contributed by atoms with E-state index in [1.165, 1.54) is 12.1 Å². The van der Waals surface area contributed by atoms with Gasteiger partial charge in [0.2, 0.25) is 0 Å². The number of hydrogen-bond acceptors (Lipinski definition) is 7. The molecule has 36 heavy (non-hydrogen) atoms. The van der Waals surface area contributed by atoms with Crippen molar-refractivity contribution in [3.8, 4) is 33.9 Å². The molecule has 0 bridgehead atoms. The number of nitrogens with one attached hydrogen (secondary N) is 1. The summed E-state index contributed by atoms with van der Waals surface area (Å²) in [5.41, 5.74) is 10.8. The van der Waals surface area contributed by atoms with E-state index in [1.54, 1.807) is 36.5 Å². The quantitative estimate of drug-likeness (QED) is 0.268. The van der Waals surface area contributed by atoms with Crippen molar-refractivity contribution in [2.45, 2.75) is 12.4 Å². The van der Waals surface area contributed by atoms with Crippen molar-refractivity contribution in [3.63, 3.8) is 0 Å². The Kier molecular flexibility index (Phi) is 5.90. The molecule has 0 aliphatic carbocycles. The summed E-state index contributed by atoms with van der Waals surface area (Å²) in [5, 5.41) is 6.82. The fraction of sp³-hybridized carbons (Fsp3) is 0.0800. The third-order valence-electron chi connectivity index (χ3n) is 5.33. The fourth-order valence-electron chi connectivity index (χ4n) is 3.57. The highest BCUT2D eigenvalue weighted by Crippen LogP contribution is 2.32. The molecule has 0 aliphatic rings. The summed E-state index contributed by atoms with van der Waals surface area (Å²) in [6.07, 6.45) is -5.08. The van der Waals surface area contributed by atoms with Gasteiger partial charge in [-0.1, -0.05) is 54.6 Å². The number of pyridine rings is 1. The first-order valence-electron chi connectivity index (χ1n) is 10.7. The Morgan fingerprint density at radius 2 is 1.56 bits per heavy atom. The van der Waals surface area contributed by atoms with Gasteiger partial charge in [-0.25, -0.2) is 19.7 Å². The maximum Gasteiger partial charge on any atom is 0.490 e. The van der Waals surface area contributed by atoms with Crippen LogP contribution in [0.15, 0.2) is 79.0 Å². The molecule has 11 heteroatoms. The third kappa shape index (κ3) is 4.64. The molecule has 180 valence electrons. The van der Waals surface area contributed by atoms with Gasteiger partial charge in [0.05, 0.1) is 22.8 Å². The summed E-state index contributed by atoms with van der Waals surface area (Å²) in [6.45, 7) is 0. The van der Waals surface area contributed by atoms with Crippen LogP contribution in [0.3, 0.4) is 0 Å². The first kappa shape index (κ1) is 23.1. The van der Waals surface area contributed by atoms with Crippen LogP contribution in [0.1, 0.15) is 11.8 Å². The smallest absolute Gasteiger partial charge is 0.436 e. The van der Waals surface area contributed by atoms with Gasteiger partial charge in [-0.15, -0.1) is 0 Å². The van der Waals surface area contributed by atoms with Gasteiger partial charge in [0, 0.05) is 22.9 Å². The van der Waals surface area contributed by atoms with Crippen LogP contribution < -0.4 is 5.73 Å². The molecule has 1 atom stereocenters. The minimum Gasteiger partial charge on any atom is -0.436 e. The predicted molar refractivity (Wildman–Crippen MR) is 125 cm³/mol. The number of carbonyl (C=O) groups excluding carboxylic acids is 1. The molecule has 8 nitrogen and oxygen atoms in total. The number of hydrogen-bond donors (Lipinski definition) is 2.